The number of anilines is 1. The molecule has 2 N–H and O–H groups in total. The molecule has 2 aromatic heterocycles. The number of H-pyrrole nitrogens is 1. The van der Waals surface area contributed by atoms with Gasteiger partial charge in [-0.2, -0.15) is 0 Å². The quantitative estimate of drug-likeness (QED) is 0.572. The fourth-order valence-electron chi connectivity index (χ4n) is 2.93. The Labute approximate surface area is 138 Å². The van der Waals surface area contributed by atoms with Crippen LogP contribution in [0.4, 0.5) is 5.69 Å². The average Bonchev–Trinajstić information content (AvgIpc) is 3.06. The molecule has 0 aliphatic heterocycles. The summed E-state index contributed by atoms with van der Waals surface area (Å²) in [7, 11) is 0. The maximum absolute atomic E-state index is 12.6. The molecule has 5 nitrogen and oxygen atoms in total. The molecule has 0 radical (unpaired) electrons. The molecule has 2 aromatic carbocycles. The van der Waals surface area contributed by atoms with E-state index in [1.807, 2.05) is 43.3 Å². The van der Waals surface area contributed by atoms with Gasteiger partial charge < -0.3 is 14.7 Å². The number of nitrogens with zero attached hydrogens (tertiary/aromatic N) is 1. The minimum Gasteiger partial charge on any atom is -0.441 e. The van der Waals surface area contributed by atoms with Crippen LogP contribution in [-0.4, -0.2) is 15.9 Å². The lowest BCUT2D eigenvalue weighted by atomic mass is 10.1. The number of rotatable bonds is 2. The zero-order valence-electron chi connectivity index (χ0n) is 13.7. The van der Waals surface area contributed by atoms with Crippen LogP contribution in [-0.2, 0) is 0 Å². The molecular formula is C19H17N3O2. The van der Waals surface area contributed by atoms with E-state index < -0.39 is 0 Å². The number of nitrogens with one attached hydrogen (secondary N) is 2. The highest BCUT2D eigenvalue weighted by molar-refractivity contribution is 6.07. The first kappa shape index (κ1) is 14.5. The Morgan fingerprint density at radius 3 is 2.79 bits per heavy atom. The third-order valence-electron chi connectivity index (χ3n) is 4.32. The van der Waals surface area contributed by atoms with Crippen molar-refractivity contribution in [1.82, 2.24) is 9.97 Å². The third kappa shape index (κ3) is 2.34. The van der Waals surface area contributed by atoms with Crippen LogP contribution < -0.4 is 5.32 Å². The fourth-order valence-corrected chi connectivity index (χ4v) is 2.93. The molecule has 0 unspecified atom stereocenters. The molecule has 5 heteroatoms. The SMILES string of the molecule is Cc1nc2cc(NC(=O)c3ccc4[nH]c(C)c(C)c4c3)ccc2o1. The van der Waals surface area contributed by atoms with Crippen molar-refractivity contribution in [3.63, 3.8) is 0 Å². The smallest absolute Gasteiger partial charge is 0.255 e. The maximum atomic E-state index is 12.6. The summed E-state index contributed by atoms with van der Waals surface area (Å²) in [5.74, 6) is 0.465. The number of aromatic nitrogens is 2. The van der Waals surface area contributed by atoms with Crippen LogP contribution in [0, 0.1) is 20.8 Å². The average molecular weight is 319 g/mol. The number of hydrogen-bond donors (Lipinski definition) is 2. The molecule has 0 saturated carbocycles. The third-order valence-corrected chi connectivity index (χ3v) is 4.32. The second-order valence-corrected chi connectivity index (χ2v) is 6.00. The molecule has 0 saturated heterocycles. The highest BCUT2D eigenvalue weighted by Crippen LogP contribution is 2.24. The van der Waals surface area contributed by atoms with E-state index in [-0.39, 0.29) is 5.91 Å². The van der Waals surface area contributed by atoms with E-state index in [1.165, 1.54) is 5.56 Å². The van der Waals surface area contributed by atoms with Gasteiger partial charge in [0.05, 0.1) is 0 Å². The highest BCUT2D eigenvalue weighted by atomic mass is 16.3. The van der Waals surface area contributed by atoms with Crippen molar-refractivity contribution in [1.29, 1.82) is 0 Å². The van der Waals surface area contributed by atoms with Gasteiger partial charge in [-0.3, -0.25) is 4.79 Å². The molecule has 24 heavy (non-hydrogen) atoms. The lowest BCUT2D eigenvalue weighted by Crippen LogP contribution is -2.11. The molecule has 0 aliphatic rings. The minimum atomic E-state index is -0.144. The van der Waals surface area contributed by atoms with E-state index in [1.54, 1.807) is 6.92 Å². The second kappa shape index (κ2) is 5.23. The molecule has 4 rings (SSSR count). The van der Waals surface area contributed by atoms with Gasteiger partial charge in [-0.15, -0.1) is 0 Å². The number of aryl methyl sites for hydroxylation is 3. The Morgan fingerprint density at radius 1 is 1.12 bits per heavy atom. The van der Waals surface area contributed by atoms with Gasteiger partial charge in [0.25, 0.3) is 5.91 Å². The number of carbonyl (C=O) groups excluding carboxylic acids is 1. The number of amides is 1. The summed E-state index contributed by atoms with van der Waals surface area (Å²) >= 11 is 0. The first-order chi connectivity index (χ1) is 11.5. The molecular weight excluding hydrogens is 302 g/mol. The molecule has 0 fully saturated rings. The molecule has 1 amide bonds. The summed E-state index contributed by atoms with van der Waals surface area (Å²) in [5.41, 5.74) is 6.10. The van der Waals surface area contributed by atoms with E-state index in [0.717, 1.165) is 22.1 Å². The van der Waals surface area contributed by atoms with Gasteiger partial charge in [0, 0.05) is 34.8 Å². The predicted octanol–water partition coefficient (Wildman–Crippen LogP) is 4.49. The summed E-state index contributed by atoms with van der Waals surface area (Å²) in [6, 6.07) is 11.1. The Kier molecular flexibility index (Phi) is 3.16. The fraction of sp³-hybridized carbons (Fsp3) is 0.158. The standard InChI is InChI=1S/C19H17N3O2/c1-10-11(2)20-16-6-4-13(8-15(10)16)19(23)22-14-5-7-18-17(9-14)21-12(3)24-18/h4-9,20H,1-3H3,(H,22,23). The number of benzene rings is 2. The largest absolute Gasteiger partial charge is 0.441 e. The van der Waals surface area contributed by atoms with E-state index in [9.17, 15) is 4.79 Å². The number of oxazole rings is 1. The van der Waals surface area contributed by atoms with E-state index in [4.69, 9.17) is 4.42 Å². The van der Waals surface area contributed by atoms with Crippen LogP contribution in [0.1, 0.15) is 27.5 Å². The van der Waals surface area contributed by atoms with Gasteiger partial charge in [0.1, 0.15) is 5.52 Å². The molecule has 0 bridgehead atoms. The lowest BCUT2D eigenvalue weighted by Gasteiger charge is -2.05. The molecule has 4 aromatic rings. The normalized spacial score (nSPS) is 11.3. The Hall–Kier alpha value is -3.08. The van der Waals surface area contributed by atoms with Crippen molar-refractivity contribution in [2.24, 2.45) is 0 Å². The Bertz CT molecular complexity index is 1090. The zero-order chi connectivity index (χ0) is 16.8. The summed E-state index contributed by atoms with van der Waals surface area (Å²) in [6.07, 6.45) is 0. The number of aromatic amines is 1. The summed E-state index contributed by atoms with van der Waals surface area (Å²) in [4.78, 5) is 20.2. The zero-order valence-corrected chi connectivity index (χ0v) is 13.7. The number of hydrogen-bond acceptors (Lipinski definition) is 3. The van der Waals surface area contributed by atoms with Gasteiger partial charge in [0.15, 0.2) is 11.5 Å². The maximum Gasteiger partial charge on any atom is 0.255 e. The topological polar surface area (TPSA) is 70.9 Å². The Balaban J connectivity index is 1.66. The Morgan fingerprint density at radius 2 is 1.96 bits per heavy atom. The van der Waals surface area contributed by atoms with Crippen molar-refractivity contribution in [2.45, 2.75) is 20.8 Å². The number of carbonyl (C=O) groups is 1. The van der Waals surface area contributed by atoms with Crippen molar-refractivity contribution in [3.05, 3.63) is 59.1 Å². The lowest BCUT2D eigenvalue weighted by molar-refractivity contribution is 0.102. The molecule has 2 heterocycles. The molecule has 0 spiro atoms. The van der Waals surface area contributed by atoms with Crippen LogP contribution in [0.25, 0.3) is 22.0 Å². The minimum absolute atomic E-state index is 0.144. The van der Waals surface area contributed by atoms with E-state index in [2.05, 4.69) is 22.2 Å². The van der Waals surface area contributed by atoms with Crippen molar-refractivity contribution < 1.29 is 9.21 Å². The van der Waals surface area contributed by atoms with Crippen molar-refractivity contribution in [2.75, 3.05) is 5.32 Å². The first-order valence-electron chi connectivity index (χ1n) is 7.79. The van der Waals surface area contributed by atoms with Crippen LogP contribution in [0.2, 0.25) is 0 Å². The summed E-state index contributed by atoms with van der Waals surface area (Å²) < 4.78 is 5.45. The van der Waals surface area contributed by atoms with Gasteiger partial charge in [-0.05, 0) is 55.8 Å². The van der Waals surface area contributed by atoms with Crippen LogP contribution in [0.15, 0.2) is 40.8 Å². The molecule has 120 valence electrons. The summed E-state index contributed by atoms with van der Waals surface area (Å²) in [5, 5.41) is 3.99. The predicted molar refractivity (Wildman–Crippen MR) is 94.5 cm³/mol. The van der Waals surface area contributed by atoms with Crippen LogP contribution in [0.5, 0.6) is 0 Å². The van der Waals surface area contributed by atoms with Gasteiger partial charge >= 0.3 is 0 Å². The molecule has 0 aliphatic carbocycles. The first-order valence-corrected chi connectivity index (χ1v) is 7.79. The monoisotopic (exact) mass is 319 g/mol. The van der Waals surface area contributed by atoms with Gasteiger partial charge in [-0.1, -0.05) is 0 Å². The van der Waals surface area contributed by atoms with Crippen LogP contribution >= 0.6 is 0 Å². The van der Waals surface area contributed by atoms with E-state index >= 15 is 0 Å². The van der Waals surface area contributed by atoms with E-state index in [0.29, 0.717) is 22.7 Å². The second-order valence-electron chi connectivity index (χ2n) is 6.00. The summed E-state index contributed by atoms with van der Waals surface area (Å²) in [6.45, 7) is 5.88. The highest BCUT2D eigenvalue weighted by Gasteiger charge is 2.11. The van der Waals surface area contributed by atoms with Crippen molar-refractivity contribution >= 4 is 33.6 Å². The van der Waals surface area contributed by atoms with Gasteiger partial charge in [0.2, 0.25) is 0 Å². The van der Waals surface area contributed by atoms with Crippen LogP contribution in [0.3, 0.4) is 0 Å². The molecule has 0 atom stereocenters. The number of fused-ring (bicyclic) bond motifs is 2. The van der Waals surface area contributed by atoms with Gasteiger partial charge in [-0.25, -0.2) is 4.98 Å². The van der Waals surface area contributed by atoms with Crippen molar-refractivity contribution in [3.8, 4) is 0 Å².